The van der Waals surface area contributed by atoms with Crippen molar-refractivity contribution in [3.05, 3.63) is 237 Å². The maximum absolute atomic E-state index is 6.26. The highest BCUT2D eigenvalue weighted by atomic mass is 16.3. The van der Waals surface area contributed by atoms with Crippen molar-refractivity contribution in [2.24, 2.45) is 0 Å². The van der Waals surface area contributed by atoms with Gasteiger partial charge in [-0.05, 0) is 131 Å². The molecule has 62 heavy (non-hydrogen) atoms. The molecule has 0 bridgehead atoms. The molecular formula is C60H39NO. The number of hydrogen-bond donors (Lipinski definition) is 0. The molecule has 0 aliphatic heterocycles. The molecule has 2 nitrogen and oxygen atoms in total. The number of benzene rings is 11. The number of nitrogens with zero attached hydrogens (tertiary/aromatic N) is 1. The molecule has 0 fully saturated rings. The van der Waals surface area contributed by atoms with Crippen molar-refractivity contribution in [3.8, 4) is 44.5 Å². The van der Waals surface area contributed by atoms with Gasteiger partial charge in [-0.25, -0.2) is 0 Å². The quantitative estimate of drug-likeness (QED) is 0.150. The topological polar surface area (TPSA) is 16.4 Å². The normalized spacial score (nSPS) is 11.5. The number of hydrogen-bond acceptors (Lipinski definition) is 2. The van der Waals surface area contributed by atoms with Crippen LogP contribution >= 0.6 is 0 Å². The van der Waals surface area contributed by atoms with Crippen LogP contribution in [-0.2, 0) is 0 Å². The van der Waals surface area contributed by atoms with Crippen molar-refractivity contribution in [3.63, 3.8) is 0 Å². The van der Waals surface area contributed by atoms with Gasteiger partial charge in [-0.2, -0.15) is 0 Å². The van der Waals surface area contributed by atoms with E-state index < -0.39 is 0 Å². The molecule has 0 saturated carbocycles. The summed E-state index contributed by atoms with van der Waals surface area (Å²) in [4.78, 5) is 2.38. The molecule has 0 amide bonds. The van der Waals surface area contributed by atoms with Gasteiger partial charge in [0.05, 0.1) is 0 Å². The second-order valence-electron chi connectivity index (χ2n) is 16.1. The summed E-state index contributed by atoms with van der Waals surface area (Å²) in [6.07, 6.45) is 0. The number of rotatable bonds is 7. The Bertz CT molecular complexity index is 3630. The fourth-order valence-electron chi connectivity index (χ4n) is 9.40. The first-order valence-electron chi connectivity index (χ1n) is 21.2. The van der Waals surface area contributed by atoms with Crippen LogP contribution in [0, 0.1) is 0 Å². The number of para-hydroxylation sites is 1. The van der Waals surface area contributed by atoms with Crippen LogP contribution in [0.2, 0.25) is 0 Å². The molecule has 0 spiro atoms. The van der Waals surface area contributed by atoms with E-state index in [0.717, 1.165) is 55.7 Å². The van der Waals surface area contributed by atoms with Gasteiger partial charge in [0.15, 0.2) is 0 Å². The summed E-state index contributed by atoms with van der Waals surface area (Å²) in [6, 6.07) is 85.6. The van der Waals surface area contributed by atoms with Crippen LogP contribution in [0.4, 0.5) is 17.1 Å². The molecule has 290 valence electrons. The fourth-order valence-corrected chi connectivity index (χ4v) is 9.40. The molecule has 0 atom stereocenters. The Kier molecular flexibility index (Phi) is 8.53. The Hall–Kier alpha value is -8.20. The van der Waals surface area contributed by atoms with E-state index in [1.807, 2.05) is 12.1 Å². The Morgan fingerprint density at radius 3 is 1.53 bits per heavy atom. The summed E-state index contributed by atoms with van der Waals surface area (Å²) < 4.78 is 6.26. The Labute approximate surface area is 360 Å². The third kappa shape index (κ3) is 6.20. The lowest BCUT2D eigenvalue weighted by Gasteiger charge is -2.27. The van der Waals surface area contributed by atoms with Gasteiger partial charge in [-0.15, -0.1) is 0 Å². The van der Waals surface area contributed by atoms with Crippen molar-refractivity contribution >= 4 is 71.3 Å². The van der Waals surface area contributed by atoms with E-state index in [0.29, 0.717) is 0 Å². The van der Waals surface area contributed by atoms with Gasteiger partial charge >= 0.3 is 0 Å². The highest BCUT2D eigenvalue weighted by molar-refractivity contribution is 6.12. The van der Waals surface area contributed by atoms with E-state index in [1.165, 1.54) is 60.1 Å². The van der Waals surface area contributed by atoms with Gasteiger partial charge in [-0.3, -0.25) is 0 Å². The lowest BCUT2D eigenvalue weighted by molar-refractivity contribution is 0.669. The summed E-state index contributed by atoms with van der Waals surface area (Å²) in [5.41, 5.74) is 14.5. The lowest BCUT2D eigenvalue weighted by Crippen LogP contribution is -2.10. The van der Waals surface area contributed by atoms with Gasteiger partial charge in [0.2, 0.25) is 0 Å². The zero-order valence-electron chi connectivity index (χ0n) is 33.9. The minimum Gasteiger partial charge on any atom is -0.456 e. The van der Waals surface area contributed by atoms with Gasteiger partial charge < -0.3 is 9.32 Å². The van der Waals surface area contributed by atoms with Crippen molar-refractivity contribution in [1.29, 1.82) is 0 Å². The van der Waals surface area contributed by atoms with E-state index in [9.17, 15) is 0 Å². The van der Waals surface area contributed by atoms with Crippen LogP contribution < -0.4 is 4.90 Å². The van der Waals surface area contributed by atoms with Crippen molar-refractivity contribution in [2.75, 3.05) is 4.90 Å². The standard InChI is InChI=1S/C60H39NO/c1-3-18-52-42(11-1)13-9-21-54(52)48-15-8-17-51(38-48)61(49-35-33-44(34-36-49)55-22-10-24-59-60(55)56-20-5-6-23-58(56)62-59)50-16-7-14-46(37-50)40-25-27-41(28-26-40)47-32-31-45-30-29-43-12-2-4-19-53(43)57(45)39-47/h1-39H. The lowest BCUT2D eigenvalue weighted by atomic mass is 9.95. The van der Waals surface area contributed by atoms with Crippen LogP contribution in [0.25, 0.3) is 98.8 Å². The fraction of sp³-hybridized carbons (Fsp3) is 0. The molecule has 1 aromatic heterocycles. The molecule has 1 heterocycles. The monoisotopic (exact) mass is 789 g/mol. The minimum atomic E-state index is 0.899. The van der Waals surface area contributed by atoms with Crippen LogP contribution in [0.5, 0.6) is 0 Å². The molecule has 0 aliphatic carbocycles. The van der Waals surface area contributed by atoms with E-state index in [2.05, 4.69) is 229 Å². The van der Waals surface area contributed by atoms with Gasteiger partial charge in [0.25, 0.3) is 0 Å². The molecule has 0 unspecified atom stereocenters. The minimum absolute atomic E-state index is 0.899. The number of furan rings is 1. The molecule has 0 radical (unpaired) electrons. The van der Waals surface area contributed by atoms with Gasteiger partial charge in [0.1, 0.15) is 11.2 Å². The van der Waals surface area contributed by atoms with Crippen LogP contribution in [0.15, 0.2) is 241 Å². The largest absolute Gasteiger partial charge is 0.456 e. The predicted octanol–water partition coefficient (Wildman–Crippen LogP) is 17.2. The predicted molar refractivity (Wildman–Crippen MR) is 263 cm³/mol. The molecule has 0 N–H and O–H groups in total. The second kappa shape index (κ2) is 14.8. The van der Waals surface area contributed by atoms with Crippen molar-refractivity contribution < 1.29 is 4.42 Å². The number of anilines is 3. The average Bonchev–Trinajstić information content (AvgIpc) is 3.73. The molecule has 2 heteroatoms. The van der Waals surface area contributed by atoms with Gasteiger partial charge in [-0.1, -0.05) is 182 Å². The highest BCUT2D eigenvalue weighted by Crippen LogP contribution is 2.42. The highest BCUT2D eigenvalue weighted by Gasteiger charge is 2.17. The zero-order valence-corrected chi connectivity index (χ0v) is 33.9. The van der Waals surface area contributed by atoms with Crippen molar-refractivity contribution in [1.82, 2.24) is 0 Å². The summed E-state index contributed by atoms with van der Waals surface area (Å²) in [5, 5.41) is 9.83. The summed E-state index contributed by atoms with van der Waals surface area (Å²) in [6.45, 7) is 0. The van der Waals surface area contributed by atoms with E-state index >= 15 is 0 Å². The first kappa shape index (κ1) is 35.7. The molecule has 11 aromatic carbocycles. The third-order valence-electron chi connectivity index (χ3n) is 12.4. The van der Waals surface area contributed by atoms with E-state index in [4.69, 9.17) is 4.42 Å². The Morgan fingerprint density at radius 2 is 0.758 bits per heavy atom. The Balaban J connectivity index is 0.946. The summed E-state index contributed by atoms with van der Waals surface area (Å²) in [5.74, 6) is 0. The first-order chi connectivity index (χ1) is 30.7. The maximum Gasteiger partial charge on any atom is 0.136 e. The SMILES string of the molecule is c1cc(-c2ccc(-c3ccc4ccc5ccccc5c4c3)cc2)cc(N(c2ccc(-c3cccc4oc5ccccc5c34)cc2)c2cccc(-c3cccc4ccccc34)c2)c1. The van der Waals surface area contributed by atoms with Crippen LogP contribution in [0.1, 0.15) is 0 Å². The molecule has 0 saturated heterocycles. The zero-order chi connectivity index (χ0) is 41.0. The number of fused-ring (bicyclic) bond motifs is 7. The van der Waals surface area contributed by atoms with Crippen LogP contribution in [0.3, 0.4) is 0 Å². The molecule has 12 aromatic rings. The first-order valence-corrected chi connectivity index (χ1v) is 21.2. The summed E-state index contributed by atoms with van der Waals surface area (Å²) in [7, 11) is 0. The summed E-state index contributed by atoms with van der Waals surface area (Å²) >= 11 is 0. The molecule has 0 aliphatic rings. The van der Waals surface area contributed by atoms with E-state index in [1.54, 1.807) is 0 Å². The van der Waals surface area contributed by atoms with Crippen LogP contribution in [-0.4, -0.2) is 0 Å². The maximum atomic E-state index is 6.26. The Morgan fingerprint density at radius 1 is 0.258 bits per heavy atom. The van der Waals surface area contributed by atoms with Gasteiger partial charge in [0, 0.05) is 27.8 Å². The molecule has 12 rings (SSSR count). The smallest absolute Gasteiger partial charge is 0.136 e. The average molecular weight is 790 g/mol. The second-order valence-corrected chi connectivity index (χ2v) is 16.1. The third-order valence-corrected chi connectivity index (χ3v) is 12.4. The molecular weight excluding hydrogens is 751 g/mol. The van der Waals surface area contributed by atoms with E-state index in [-0.39, 0.29) is 0 Å². The van der Waals surface area contributed by atoms with Crippen molar-refractivity contribution in [2.45, 2.75) is 0 Å².